The molecule has 0 unspecified atom stereocenters. The second kappa shape index (κ2) is 8.73. The molecule has 1 fully saturated rings. The van der Waals surface area contributed by atoms with Gasteiger partial charge >= 0.3 is 0 Å². The number of carbonyl (C=O) groups excluding carboxylic acids is 1. The number of aryl methyl sites for hydroxylation is 1. The Morgan fingerprint density at radius 3 is 2.50 bits per heavy atom. The van der Waals surface area contributed by atoms with Gasteiger partial charge in [0.2, 0.25) is 0 Å². The SMILES string of the molecule is CCn1nc(C(C)C)cc1C(=O)N1CCN(Cc2ccc(OC)c(F)c2)CC1. The van der Waals surface area contributed by atoms with Crippen molar-refractivity contribution in [2.24, 2.45) is 0 Å². The lowest BCUT2D eigenvalue weighted by Gasteiger charge is -2.34. The maximum atomic E-state index is 13.9. The Morgan fingerprint density at radius 1 is 1.21 bits per heavy atom. The molecule has 152 valence electrons. The Hall–Kier alpha value is -2.41. The smallest absolute Gasteiger partial charge is 0.272 e. The van der Waals surface area contributed by atoms with Gasteiger partial charge in [-0.25, -0.2) is 4.39 Å². The lowest BCUT2D eigenvalue weighted by Crippen LogP contribution is -2.48. The van der Waals surface area contributed by atoms with E-state index < -0.39 is 0 Å². The van der Waals surface area contributed by atoms with Crippen molar-refractivity contribution in [3.8, 4) is 5.75 Å². The maximum absolute atomic E-state index is 13.9. The highest BCUT2D eigenvalue weighted by Crippen LogP contribution is 2.20. The third-order valence-electron chi connectivity index (χ3n) is 5.19. The molecule has 28 heavy (non-hydrogen) atoms. The summed E-state index contributed by atoms with van der Waals surface area (Å²) in [4.78, 5) is 17.1. The molecule has 0 spiro atoms. The maximum Gasteiger partial charge on any atom is 0.272 e. The van der Waals surface area contributed by atoms with Crippen molar-refractivity contribution in [1.82, 2.24) is 19.6 Å². The largest absolute Gasteiger partial charge is 0.494 e. The van der Waals surface area contributed by atoms with Crippen LogP contribution in [0.4, 0.5) is 4.39 Å². The van der Waals surface area contributed by atoms with Gasteiger partial charge in [-0.2, -0.15) is 5.10 Å². The van der Waals surface area contributed by atoms with Crippen LogP contribution < -0.4 is 4.74 Å². The summed E-state index contributed by atoms with van der Waals surface area (Å²) < 4.78 is 20.6. The van der Waals surface area contributed by atoms with Crippen molar-refractivity contribution in [3.05, 3.63) is 47.0 Å². The highest BCUT2D eigenvalue weighted by molar-refractivity contribution is 5.92. The molecule has 7 heteroatoms. The predicted molar refractivity (Wildman–Crippen MR) is 106 cm³/mol. The number of rotatable bonds is 6. The zero-order valence-electron chi connectivity index (χ0n) is 17.1. The van der Waals surface area contributed by atoms with Gasteiger partial charge in [-0.15, -0.1) is 0 Å². The van der Waals surface area contributed by atoms with Gasteiger partial charge in [-0.3, -0.25) is 14.4 Å². The van der Waals surface area contributed by atoms with E-state index in [2.05, 4.69) is 23.8 Å². The molecule has 0 N–H and O–H groups in total. The van der Waals surface area contributed by atoms with E-state index in [0.717, 1.165) is 24.3 Å². The Balaban J connectivity index is 1.61. The van der Waals surface area contributed by atoms with Gasteiger partial charge < -0.3 is 9.64 Å². The normalized spacial score (nSPS) is 15.3. The van der Waals surface area contributed by atoms with Crippen molar-refractivity contribution < 1.29 is 13.9 Å². The minimum absolute atomic E-state index is 0.0383. The van der Waals surface area contributed by atoms with Crippen molar-refractivity contribution in [2.75, 3.05) is 33.3 Å². The minimum Gasteiger partial charge on any atom is -0.494 e. The number of nitrogens with zero attached hydrogens (tertiary/aromatic N) is 4. The van der Waals surface area contributed by atoms with Gasteiger partial charge in [-0.05, 0) is 36.6 Å². The van der Waals surface area contributed by atoms with Gasteiger partial charge in [-0.1, -0.05) is 19.9 Å². The Bertz CT molecular complexity index is 826. The topological polar surface area (TPSA) is 50.6 Å². The van der Waals surface area contributed by atoms with E-state index in [4.69, 9.17) is 4.74 Å². The first kappa shape index (κ1) is 20.3. The molecule has 2 aromatic rings. The number of hydrogen-bond donors (Lipinski definition) is 0. The minimum atomic E-state index is -0.345. The van der Waals surface area contributed by atoms with E-state index in [-0.39, 0.29) is 17.5 Å². The molecule has 1 aromatic heterocycles. The van der Waals surface area contributed by atoms with E-state index in [1.165, 1.54) is 13.2 Å². The molecule has 1 aromatic carbocycles. The summed E-state index contributed by atoms with van der Waals surface area (Å²) in [6, 6.07) is 6.97. The monoisotopic (exact) mass is 388 g/mol. The third-order valence-corrected chi connectivity index (χ3v) is 5.19. The fraction of sp³-hybridized carbons (Fsp3) is 0.524. The summed E-state index contributed by atoms with van der Waals surface area (Å²) in [5.74, 6) is 0.243. The van der Waals surface area contributed by atoms with Crippen LogP contribution in [0, 0.1) is 5.82 Å². The lowest BCUT2D eigenvalue weighted by atomic mass is 10.1. The fourth-order valence-corrected chi connectivity index (χ4v) is 3.47. The van der Waals surface area contributed by atoms with Gasteiger partial charge in [0, 0.05) is 39.3 Å². The molecule has 0 radical (unpaired) electrons. The standard InChI is InChI=1S/C21H29FN4O2/c1-5-26-19(13-18(23-26)15(2)3)21(27)25-10-8-24(9-11-25)14-16-6-7-20(28-4)17(22)12-16/h6-7,12-13,15H,5,8-11,14H2,1-4H3. The summed E-state index contributed by atoms with van der Waals surface area (Å²) >= 11 is 0. The van der Waals surface area contributed by atoms with Crippen LogP contribution in [0.15, 0.2) is 24.3 Å². The Labute approximate surface area is 165 Å². The first-order valence-electron chi connectivity index (χ1n) is 9.84. The van der Waals surface area contributed by atoms with Crippen molar-refractivity contribution >= 4 is 5.91 Å². The first-order chi connectivity index (χ1) is 13.4. The fourth-order valence-electron chi connectivity index (χ4n) is 3.47. The van der Waals surface area contributed by atoms with Crippen LogP contribution in [0.3, 0.4) is 0 Å². The number of halogens is 1. The Kier molecular flexibility index (Phi) is 6.34. The van der Waals surface area contributed by atoms with Crippen LogP contribution in [-0.2, 0) is 13.1 Å². The van der Waals surface area contributed by atoms with Gasteiger partial charge in [0.05, 0.1) is 12.8 Å². The molecule has 0 atom stereocenters. The number of piperazine rings is 1. The van der Waals surface area contributed by atoms with Crippen molar-refractivity contribution in [2.45, 2.75) is 39.8 Å². The summed E-state index contributed by atoms with van der Waals surface area (Å²) in [5.41, 5.74) is 2.52. The van der Waals surface area contributed by atoms with Crippen LogP contribution in [0.2, 0.25) is 0 Å². The van der Waals surface area contributed by atoms with Gasteiger partial charge in [0.15, 0.2) is 11.6 Å². The molecule has 1 aliphatic heterocycles. The van der Waals surface area contributed by atoms with Gasteiger partial charge in [0.1, 0.15) is 5.69 Å². The predicted octanol–water partition coefficient (Wildman–Crippen LogP) is 3.13. The molecular weight excluding hydrogens is 359 g/mol. The molecule has 3 rings (SSSR count). The second-order valence-electron chi connectivity index (χ2n) is 7.46. The molecule has 2 heterocycles. The number of methoxy groups -OCH3 is 1. The molecule has 0 aliphatic carbocycles. The van der Waals surface area contributed by atoms with Crippen LogP contribution in [0.1, 0.15) is 48.4 Å². The van der Waals surface area contributed by atoms with Crippen molar-refractivity contribution in [1.29, 1.82) is 0 Å². The highest BCUT2D eigenvalue weighted by atomic mass is 19.1. The second-order valence-corrected chi connectivity index (χ2v) is 7.46. The van der Waals surface area contributed by atoms with E-state index in [1.54, 1.807) is 10.7 Å². The number of ether oxygens (including phenoxy) is 1. The summed E-state index contributed by atoms with van der Waals surface area (Å²) in [6.45, 7) is 10.3. The van der Waals surface area contributed by atoms with Crippen LogP contribution in [0.25, 0.3) is 0 Å². The molecule has 1 aliphatic rings. The van der Waals surface area contributed by atoms with E-state index in [9.17, 15) is 9.18 Å². The average Bonchev–Trinajstić information content (AvgIpc) is 3.13. The Morgan fingerprint density at radius 2 is 1.93 bits per heavy atom. The molecule has 0 bridgehead atoms. The van der Waals surface area contributed by atoms with Crippen LogP contribution in [0.5, 0.6) is 5.75 Å². The average molecular weight is 388 g/mol. The number of benzene rings is 1. The highest BCUT2D eigenvalue weighted by Gasteiger charge is 2.25. The molecule has 6 nitrogen and oxygen atoms in total. The molecule has 1 saturated heterocycles. The van der Waals surface area contributed by atoms with Gasteiger partial charge in [0.25, 0.3) is 5.91 Å². The zero-order valence-corrected chi connectivity index (χ0v) is 17.1. The summed E-state index contributed by atoms with van der Waals surface area (Å²) in [7, 11) is 1.46. The number of amides is 1. The van der Waals surface area contributed by atoms with E-state index in [1.807, 2.05) is 24.0 Å². The van der Waals surface area contributed by atoms with E-state index in [0.29, 0.717) is 37.8 Å². The summed E-state index contributed by atoms with van der Waals surface area (Å²) in [6.07, 6.45) is 0. The van der Waals surface area contributed by atoms with Crippen LogP contribution >= 0.6 is 0 Å². The quantitative estimate of drug-likeness (QED) is 0.763. The third kappa shape index (κ3) is 4.35. The number of aromatic nitrogens is 2. The lowest BCUT2D eigenvalue weighted by molar-refractivity contribution is 0.0616. The van der Waals surface area contributed by atoms with Crippen molar-refractivity contribution in [3.63, 3.8) is 0 Å². The van der Waals surface area contributed by atoms with Crippen LogP contribution in [-0.4, -0.2) is 58.8 Å². The molecule has 0 saturated carbocycles. The van der Waals surface area contributed by atoms with E-state index >= 15 is 0 Å². The summed E-state index contributed by atoms with van der Waals surface area (Å²) in [5, 5.41) is 4.55. The number of hydrogen-bond acceptors (Lipinski definition) is 4. The molecular formula is C21H29FN4O2. The zero-order chi connectivity index (χ0) is 20.3. The number of carbonyl (C=O) groups is 1. The first-order valence-corrected chi connectivity index (χ1v) is 9.84. The molecule has 1 amide bonds.